The quantitative estimate of drug-likeness (QED) is 0.318. The van der Waals surface area contributed by atoms with Crippen molar-refractivity contribution in [3.8, 4) is 5.75 Å². The number of benzene rings is 2. The molecule has 8 heteroatoms. The van der Waals surface area contributed by atoms with Crippen LogP contribution in [0.4, 0.5) is 17.1 Å². The Morgan fingerprint density at radius 1 is 1.06 bits per heavy atom. The molecule has 0 aliphatic rings. The van der Waals surface area contributed by atoms with Crippen LogP contribution in [0.1, 0.15) is 29.3 Å². The molecule has 31 heavy (non-hydrogen) atoms. The van der Waals surface area contributed by atoms with Crippen LogP contribution in [0.25, 0.3) is 5.32 Å². The van der Waals surface area contributed by atoms with Crippen molar-refractivity contribution in [2.24, 2.45) is 0 Å². The van der Waals surface area contributed by atoms with Crippen molar-refractivity contribution in [2.45, 2.75) is 25.8 Å². The number of amides is 1. The van der Waals surface area contributed by atoms with Gasteiger partial charge in [0.05, 0.1) is 16.9 Å². The maximum atomic E-state index is 12.2. The first-order valence-electron chi connectivity index (χ1n) is 9.72. The minimum atomic E-state index is -0.688. The van der Waals surface area contributed by atoms with Crippen LogP contribution in [0.3, 0.4) is 0 Å². The molecule has 156 valence electrons. The third-order valence-electron chi connectivity index (χ3n) is 4.91. The van der Waals surface area contributed by atoms with E-state index in [4.69, 9.17) is 0 Å². The van der Waals surface area contributed by atoms with Gasteiger partial charge in [0.1, 0.15) is 0 Å². The molecule has 7 nitrogen and oxygen atoms in total. The van der Waals surface area contributed by atoms with Gasteiger partial charge in [0.2, 0.25) is 10.9 Å². The van der Waals surface area contributed by atoms with Crippen LogP contribution < -0.4 is 35.0 Å². The van der Waals surface area contributed by atoms with Gasteiger partial charge in [-0.2, -0.15) is 0 Å². The molecule has 2 N–H and O–H groups in total. The summed E-state index contributed by atoms with van der Waals surface area (Å²) in [6.07, 6.45) is 1.35. The maximum Gasteiger partial charge on any atom is 1.00 e. The van der Waals surface area contributed by atoms with Crippen LogP contribution >= 0.6 is 0 Å². The maximum absolute atomic E-state index is 12.2. The summed E-state index contributed by atoms with van der Waals surface area (Å²) in [6.45, 7) is 1.97. The van der Waals surface area contributed by atoms with Gasteiger partial charge in [-0.15, -0.1) is 6.04 Å². The third-order valence-corrected chi connectivity index (χ3v) is 4.91. The summed E-state index contributed by atoms with van der Waals surface area (Å²) >= 11 is 0. The Morgan fingerprint density at radius 3 is 2.35 bits per heavy atom. The average Bonchev–Trinajstić information content (AvgIpc) is 2.76. The first kappa shape index (κ1) is 24.3. The molecule has 3 aromatic carbocycles. The number of phenolic OH excluding ortho intramolecular Hbond substituents is 1. The summed E-state index contributed by atoms with van der Waals surface area (Å²) < 4.78 is 0. The summed E-state index contributed by atoms with van der Waals surface area (Å²) in [5.41, 5.74) is 0.132. The Kier molecular flexibility index (Phi) is 8.09. The van der Waals surface area contributed by atoms with E-state index in [-0.39, 0.29) is 59.2 Å². The number of nitrogens with one attached hydrogen (secondary N) is 1. The predicted molar refractivity (Wildman–Crippen MR) is 118 cm³/mol. The third kappa shape index (κ3) is 5.19. The summed E-state index contributed by atoms with van der Waals surface area (Å²) in [4.78, 5) is 37.9. The van der Waals surface area contributed by atoms with Crippen LogP contribution in [-0.4, -0.2) is 36.1 Å². The molecular formula is C23H24LiN3O4. The van der Waals surface area contributed by atoms with Crippen molar-refractivity contribution in [2.75, 3.05) is 19.4 Å². The SMILES string of the molecule is CC[C@H](Cc1ccccc1)[N-]c1c(Nc2cccc(C(=O)N(C)C)c2O)c(=O)c1=O.[Li+]. The van der Waals surface area contributed by atoms with Gasteiger partial charge in [-0.05, 0) is 24.1 Å². The molecule has 0 fully saturated rings. The molecule has 0 bridgehead atoms. The van der Waals surface area contributed by atoms with Crippen molar-refractivity contribution >= 4 is 23.0 Å². The normalized spacial score (nSPS) is 11.5. The van der Waals surface area contributed by atoms with Crippen LogP contribution in [0.5, 0.6) is 5.75 Å². The van der Waals surface area contributed by atoms with Gasteiger partial charge in [-0.25, -0.2) is 0 Å². The van der Waals surface area contributed by atoms with E-state index in [1.807, 2.05) is 37.3 Å². The van der Waals surface area contributed by atoms with Crippen LogP contribution in [0, 0.1) is 0 Å². The molecule has 1 atom stereocenters. The number of carbonyl (C=O) groups is 1. The molecule has 0 aromatic heterocycles. The fourth-order valence-electron chi connectivity index (χ4n) is 3.16. The fraction of sp³-hybridized carbons (Fsp3) is 0.261. The van der Waals surface area contributed by atoms with Crippen molar-refractivity contribution < 1.29 is 28.8 Å². The number of hydrogen-bond donors (Lipinski definition) is 2. The monoisotopic (exact) mass is 413 g/mol. The van der Waals surface area contributed by atoms with Gasteiger partial charge in [0, 0.05) is 14.1 Å². The van der Waals surface area contributed by atoms with Gasteiger partial charge in [-0.3, -0.25) is 14.4 Å². The number of hydrogen-bond acceptors (Lipinski definition) is 5. The zero-order chi connectivity index (χ0) is 21.8. The molecule has 0 radical (unpaired) electrons. The number of aromatic hydroxyl groups is 1. The van der Waals surface area contributed by atoms with E-state index in [0.717, 1.165) is 5.56 Å². The van der Waals surface area contributed by atoms with Crippen LogP contribution in [0.2, 0.25) is 0 Å². The second kappa shape index (κ2) is 10.3. The van der Waals surface area contributed by atoms with E-state index < -0.39 is 10.9 Å². The average molecular weight is 413 g/mol. The molecule has 1 amide bonds. The standard InChI is InChI=1S/C23H25N3O4.Li/c1-4-15(13-14-9-6-5-7-10-14)24-18-19(22(29)21(18)28)25-17-12-8-11-16(20(17)27)23(30)26(2)3;/h5-12,15H,4,13H2,1-3H3,(H3,24,25,27,28,29,30);/q;+1/p-1/t15-;/m1./s1. The zero-order valence-corrected chi connectivity index (χ0v) is 18.2. The number of nitrogens with zero attached hydrogens (tertiary/aromatic N) is 2. The minimum Gasteiger partial charge on any atom is -0.676 e. The summed E-state index contributed by atoms with van der Waals surface area (Å²) in [6, 6.07) is 14.2. The van der Waals surface area contributed by atoms with E-state index in [2.05, 4.69) is 10.6 Å². The summed E-state index contributed by atoms with van der Waals surface area (Å²) in [7, 11) is 3.15. The molecular weight excluding hydrogens is 389 g/mol. The van der Waals surface area contributed by atoms with Crippen LogP contribution in [-0.2, 0) is 6.42 Å². The zero-order valence-electron chi connectivity index (χ0n) is 18.2. The molecule has 0 aliphatic heterocycles. The van der Waals surface area contributed by atoms with E-state index in [1.54, 1.807) is 20.2 Å². The van der Waals surface area contributed by atoms with Crippen LogP contribution in [0.15, 0.2) is 58.1 Å². The smallest absolute Gasteiger partial charge is 0.676 e. The Balaban J connectivity index is 0.00000341. The van der Waals surface area contributed by atoms with Crippen molar-refractivity contribution in [3.05, 3.63) is 85.4 Å². The first-order valence-corrected chi connectivity index (χ1v) is 9.72. The number of rotatable bonds is 8. The van der Waals surface area contributed by atoms with Gasteiger partial charge in [-0.1, -0.05) is 55.4 Å². The second-order valence-electron chi connectivity index (χ2n) is 7.29. The molecule has 0 aliphatic carbocycles. The Bertz CT molecular complexity index is 1120. The summed E-state index contributed by atoms with van der Waals surface area (Å²) in [5.74, 6) is -0.661. The topological polar surface area (TPSA) is 101 Å². The molecule has 0 heterocycles. The van der Waals surface area contributed by atoms with Gasteiger partial charge in [0.15, 0.2) is 5.75 Å². The van der Waals surface area contributed by atoms with Crippen molar-refractivity contribution in [3.63, 3.8) is 0 Å². The molecule has 0 saturated carbocycles. The van der Waals surface area contributed by atoms with Gasteiger partial charge < -0.3 is 20.6 Å². The van der Waals surface area contributed by atoms with E-state index in [9.17, 15) is 19.5 Å². The van der Waals surface area contributed by atoms with Gasteiger partial charge in [0.25, 0.3) is 5.91 Å². The minimum absolute atomic E-state index is 0. The Labute approximate surface area is 193 Å². The fourth-order valence-corrected chi connectivity index (χ4v) is 3.16. The second-order valence-corrected chi connectivity index (χ2v) is 7.29. The van der Waals surface area contributed by atoms with E-state index in [1.165, 1.54) is 17.0 Å². The molecule has 3 aromatic rings. The van der Waals surface area contributed by atoms with E-state index in [0.29, 0.717) is 12.8 Å². The van der Waals surface area contributed by atoms with Crippen molar-refractivity contribution in [1.29, 1.82) is 0 Å². The predicted octanol–water partition coefficient (Wildman–Crippen LogP) is 0.464. The van der Waals surface area contributed by atoms with E-state index >= 15 is 0 Å². The Hall–Kier alpha value is -3.01. The molecule has 0 unspecified atom stereocenters. The molecule has 0 saturated heterocycles. The number of carbonyl (C=O) groups excluding carboxylic acids is 1. The number of phenols is 1. The first-order chi connectivity index (χ1) is 14.3. The molecule has 0 spiro atoms. The van der Waals surface area contributed by atoms with Gasteiger partial charge >= 0.3 is 18.9 Å². The number of anilines is 2. The number of para-hydroxylation sites is 1. The largest absolute Gasteiger partial charge is 1.00 e. The van der Waals surface area contributed by atoms with Crippen molar-refractivity contribution in [1.82, 2.24) is 4.90 Å². The Morgan fingerprint density at radius 2 is 1.74 bits per heavy atom. The molecule has 3 rings (SSSR count). The summed E-state index contributed by atoms with van der Waals surface area (Å²) in [5, 5.41) is 17.8.